The molecule has 2 aromatic carbocycles. The summed E-state index contributed by atoms with van der Waals surface area (Å²) in [7, 11) is 0. The molecule has 0 atom stereocenters. The summed E-state index contributed by atoms with van der Waals surface area (Å²) in [4.78, 5) is 0. The monoisotopic (exact) mass is 278 g/mol. The molecule has 21 heavy (non-hydrogen) atoms. The van der Waals surface area contributed by atoms with E-state index in [-0.39, 0.29) is 0 Å². The van der Waals surface area contributed by atoms with Gasteiger partial charge in [-0.25, -0.2) is 0 Å². The van der Waals surface area contributed by atoms with Gasteiger partial charge in [0.15, 0.2) is 0 Å². The van der Waals surface area contributed by atoms with Crippen molar-refractivity contribution in [3.8, 4) is 0 Å². The molecule has 110 valence electrons. The van der Waals surface area contributed by atoms with Gasteiger partial charge in [-0.2, -0.15) is 0 Å². The average molecular weight is 278 g/mol. The summed E-state index contributed by atoms with van der Waals surface area (Å²) in [6, 6.07) is 15.2. The Labute approximate surface area is 129 Å². The van der Waals surface area contributed by atoms with Gasteiger partial charge in [-0.3, -0.25) is 0 Å². The number of fused-ring (bicyclic) bond motifs is 1. The Morgan fingerprint density at radius 1 is 0.952 bits per heavy atom. The van der Waals surface area contributed by atoms with E-state index in [9.17, 15) is 0 Å². The fourth-order valence-corrected chi connectivity index (χ4v) is 2.62. The minimum absolute atomic E-state index is 1.11. The molecule has 0 saturated carbocycles. The quantitative estimate of drug-likeness (QED) is 0.369. The van der Waals surface area contributed by atoms with Gasteiger partial charge in [0.2, 0.25) is 0 Å². The zero-order valence-electron chi connectivity index (χ0n) is 13.1. The summed E-state index contributed by atoms with van der Waals surface area (Å²) in [5.41, 5.74) is 2.56. The normalized spacial score (nSPS) is 11.3. The lowest BCUT2D eigenvalue weighted by Crippen LogP contribution is -1.85. The van der Waals surface area contributed by atoms with Crippen LogP contribution in [0.1, 0.15) is 51.0 Å². The summed E-state index contributed by atoms with van der Waals surface area (Å²) in [5, 5.41) is 2.61. The topological polar surface area (TPSA) is 0 Å². The molecule has 0 heterocycles. The third kappa shape index (κ3) is 4.90. The predicted molar refractivity (Wildman–Crippen MR) is 95.5 cm³/mol. The van der Waals surface area contributed by atoms with Gasteiger partial charge in [-0.1, -0.05) is 68.5 Å². The fourth-order valence-electron chi connectivity index (χ4n) is 2.62. The van der Waals surface area contributed by atoms with Crippen LogP contribution in [0, 0.1) is 0 Å². The van der Waals surface area contributed by atoms with Crippen LogP contribution in [0.3, 0.4) is 0 Å². The molecule has 0 spiro atoms. The highest BCUT2D eigenvalue weighted by Gasteiger charge is 2.01. The van der Waals surface area contributed by atoms with Gasteiger partial charge < -0.3 is 0 Å². The Balaban J connectivity index is 1.80. The van der Waals surface area contributed by atoms with Crippen LogP contribution < -0.4 is 0 Å². The van der Waals surface area contributed by atoms with E-state index in [1.165, 1.54) is 47.6 Å². The second-order valence-electron chi connectivity index (χ2n) is 5.64. The molecule has 0 nitrogen and oxygen atoms in total. The van der Waals surface area contributed by atoms with Crippen LogP contribution in [0.5, 0.6) is 0 Å². The van der Waals surface area contributed by atoms with Gasteiger partial charge in [0.1, 0.15) is 0 Å². The second-order valence-corrected chi connectivity index (χ2v) is 5.64. The summed E-state index contributed by atoms with van der Waals surface area (Å²) in [6.07, 6.45) is 11.9. The van der Waals surface area contributed by atoms with E-state index in [0.29, 0.717) is 0 Å². The Bertz CT molecular complexity index is 604. The third-order valence-electron chi connectivity index (χ3n) is 3.91. The Morgan fingerprint density at radius 3 is 2.57 bits per heavy atom. The number of benzene rings is 2. The van der Waals surface area contributed by atoms with Crippen LogP contribution >= 0.6 is 0 Å². The van der Waals surface area contributed by atoms with E-state index in [1.807, 2.05) is 0 Å². The highest BCUT2D eigenvalue weighted by molar-refractivity contribution is 5.86. The van der Waals surface area contributed by atoms with Gasteiger partial charge in [-0.15, -0.1) is 0 Å². The van der Waals surface area contributed by atoms with E-state index in [2.05, 4.69) is 68.1 Å². The summed E-state index contributed by atoms with van der Waals surface area (Å²) in [5.74, 6) is 0. The molecule has 2 rings (SSSR count). The van der Waals surface area contributed by atoms with Crippen molar-refractivity contribution in [2.24, 2.45) is 0 Å². The molecule has 0 aromatic heterocycles. The maximum absolute atomic E-state index is 4.27. The molecule has 0 aliphatic carbocycles. The minimum atomic E-state index is 1.11. The zero-order chi connectivity index (χ0) is 14.9. The van der Waals surface area contributed by atoms with Crippen molar-refractivity contribution in [3.05, 3.63) is 66.8 Å². The molecule has 0 heteroatoms. The van der Waals surface area contributed by atoms with Crippen molar-refractivity contribution in [2.75, 3.05) is 0 Å². The molecule has 2 aromatic rings. The highest BCUT2D eigenvalue weighted by atomic mass is 14.1. The van der Waals surface area contributed by atoms with Gasteiger partial charge in [-0.05, 0) is 60.1 Å². The summed E-state index contributed by atoms with van der Waals surface area (Å²) >= 11 is 0. The van der Waals surface area contributed by atoms with Crippen LogP contribution in [0.25, 0.3) is 16.3 Å². The molecular formula is C21H26. The molecule has 0 fully saturated rings. The Morgan fingerprint density at radius 2 is 1.76 bits per heavy atom. The number of rotatable bonds is 8. The van der Waals surface area contributed by atoms with Crippen molar-refractivity contribution in [2.45, 2.75) is 45.4 Å². The van der Waals surface area contributed by atoms with E-state index in [0.717, 1.165) is 12.8 Å². The maximum atomic E-state index is 4.27. The van der Waals surface area contributed by atoms with Crippen LogP contribution in [-0.2, 0) is 0 Å². The molecule has 0 unspecified atom stereocenters. The standard InChI is InChI=1S/C21H26/c1-3-4-5-6-7-8-9-12-18(2)20-16-15-19-13-10-11-14-21(19)17-20/h4-5,10-11,13-17H,2-3,6-9,12H2,1H3/b5-4-. The van der Waals surface area contributed by atoms with Crippen LogP contribution in [0.4, 0.5) is 0 Å². The highest BCUT2D eigenvalue weighted by Crippen LogP contribution is 2.23. The van der Waals surface area contributed by atoms with Crippen molar-refractivity contribution >= 4 is 16.3 Å². The van der Waals surface area contributed by atoms with Gasteiger partial charge in [0, 0.05) is 0 Å². The van der Waals surface area contributed by atoms with E-state index >= 15 is 0 Å². The van der Waals surface area contributed by atoms with Crippen LogP contribution in [0.15, 0.2) is 61.2 Å². The predicted octanol–water partition coefficient (Wildman–Crippen LogP) is 6.77. The third-order valence-corrected chi connectivity index (χ3v) is 3.91. The molecular weight excluding hydrogens is 252 g/mol. The lowest BCUT2D eigenvalue weighted by atomic mass is 9.98. The van der Waals surface area contributed by atoms with E-state index < -0.39 is 0 Å². The summed E-state index contributed by atoms with van der Waals surface area (Å²) in [6.45, 7) is 6.45. The van der Waals surface area contributed by atoms with Crippen molar-refractivity contribution < 1.29 is 0 Å². The number of unbranched alkanes of at least 4 members (excludes halogenated alkanes) is 3. The minimum Gasteiger partial charge on any atom is -0.0952 e. The largest absolute Gasteiger partial charge is 0.0952 e. The molecule has 0 amide bonds. The molecule has 0 N–H and O–H groups in total. The molecule has 0 saturated heterocycles. The Hall–Kier alpha value is -1.82. The van der Waals surface area contributed by atoms with Crippen LogP contribution in [0.2, 0.25) is 0 Å². The maximum Gasteiger partial charge on any atom is -0.0178 e. The molecule has 0 aliphatic rings. The SMILES string of the molecule is C=C(CCCCC/C=C\CC)c1ccc2ccccc2c1. The number of hydrogen-bond acceptors (Lipinski definition) is 0. The lowest BCUT2D eigenvalue weighted by molar-refractivity contribution is 0.700. The first kappa shape index (κ1) is 15.6. The second kappa shape index (κ2) is 8.46. The van der Waals surface area contributed by atoms with Crippen LogP contribution in [-0.4, -0.2) is 0 Å². The van der Waals surface area contributed by atoms with Crippen molar-refractivity contribution in [1.29, 1.82) is 0 Å². The number of hydrogen-bond donors (Lipinski definition) is 0. The first-order valence-electron chi connectivity index (χ1n) is 8.13. The number of allylic oxidation sites excluding steroid dienone is 3. The fraction of sp³-hybridized carbons (Fsp3) is 0.333. The first-order chi connectivity index (χ1) is 10.3. The van der Waals surface area contributed by atoms with Crippen molar-refractivity contribution in [3.63, 3.8) is 0 Å². The average Bonchev–Trinajstić information content (AvgIpc) is 2.53. The van der Waals surface area contributed by atoms with Gasteiger partial charge >= 0.3 is 0 Å². The zero-order valence-corrected chi connectivity index (χ0v) is 13.1. The molecule has 0 bridgehead atoms. The Kier molecular flexibility index (Phi) is 6.27. The van der Waals surface area contributed by atoms with E-state index in [1.54, 1.807) is 0 Å². The lowest BCUT2D eigenvalue weighted by Gasteiger charge is -2.07. The molecule has 0 aliphatic heterocycles. The van der Waals surface area contributed by atoms with Crippen molar-refractivity contribution in [1.82, 2.24) is 0 Å². The summed E-state index contributed by atoms with van der Waals surface area (Å²) < 4.78 is 0. The van der Waals surface area contributed by atoms with Gasteiger partial charge in [0.25, 0.3) is 0 Å². The first-order valence-corrected chi connectivity index (χ1v) is 8.13. The molecule has 0 radical (unpaired) electrons. The smallest absolute Gasteiger partial charge is 0.0178 e. The van der Waals surface area contributed by atoms with Gasteiger partial charge in [0.05, 0.1) is 0 Å². The van der Waals surface area contributed by atoms with E-state index in [4.69, 9.17) is 0 Å².